The lowest BCUT2D eigenvalue weighted by Crippen LogP contribution is -2.45. The Morgan fingerprint density at radius 1 is 0.973 bits per heavy atom. The fourth-order valence-corrected chi connectivity index (χ4v) is 5.30. The van der Waals surface area contributed by atoms with E-state index >= 15 is 0 Å². The van der Waals surface area contributed by atoms with E-state index in [0.717, 1.165) is 36.9 Å². The Bertz CT molecular complexity index is 1270. The first-order valence-electron chi connectivity index (χ1n) is 12.8. The zero-order chi connectivity index (χ0) is 25.8. The van der Waals surface area contributed by atoms with Crippen LogP contribution in [-0.2, 0) is 11.4 Å². The van der Waals surface area contributed by atoms with Gasteiger partial charge in [0.05, 0.1) is 12.8 Å². The molecule has 7 heteroatoms. The number of benzene rings is 3. The van der Waals surface area contributed by atoms with Gasteiger partial charge >= 0.3 is 0 Å². The number of hydrogen-bond acceptors (Lipinski definition) is 6. The van der Waals surface area contributed by atoms with Crippen molar-refractivity contribution in [3.63, 3.8) is 0 Å². The van der Waals surface area contributed by atoms with E-state index in [9.17, 15) is 9.18 Å². The topological polar surface area (TPSA) is 54.4 Å². The third kappa shape index (κ3) is 5.03. The summed E-state index contributed by atoms with van der Waals surface area (Å²) in [4.78, 5) is 15.1. The molecule has 3 aromatic carbocycles. The highest BCUT2D eigenvalue weighted by atomic mass is 19.1. The van der Waals surface area contributed by atoms with E-state index in [1.54, 1.807) is 32.2 Å². The highest BCUT2D eigenvalue weighted by Crippen LogP contribution is 2.45. The number of nitrogens with zero attached hydrogens (tertiary/aromatic N) is 3. The lowest BCUT2D eigenvalue weighted by atomic mass is 9.92. The van der Waals surface area contributed by atoms with Gasteiger partial charge in [0.25, 0.3) is 0 Å². The predicted octanol–water partition coefficient (Wildman–Crippen LogP) is 6.47. The molecule has 1 aliphatic heterocycles. The number of para-hydroxylation sites is 2. The second-order valence-electron chi connectivity index (χ2n) is 9.49. The summed E-state index contributed by atoms with van der Waals surface area (Å²) < 4.78 is 26.4. The Kier molecular flexibility index (Phi) is 7.40. The van der Waals surface area contributed by atoms with Crippen LogP contribution >= 0.6 is 0 Å². The summed E-state index contributed by atoms with van der Waals surface area (Å²) in [5, 5.41) is 6.77. The van der Waals surface area contributed by atoms with Crippen LogP contribution in [0.4, 0.5) is 10.1 Å². The molecule has 0 unspecified atom stereocenters. The van der Waals surface area contributed by atoms with E-state index in [-0.39, 0.29) is 24.2 Å². The van der Waals surface area contributed by atoms with Gasteiger partial charge in [-0.1, -0.05) is 67.8 Å². The molecule has 3 aromatic rings. The maximum absolute atomic E-state index is 14.4. The van der Waals surface area contributed by atoms with Gasteiger partial charge in [-0.25, -0.2) is 9.40 Å². The zero-order valence-electron chi connectivity index (χ0n) is 21.3. The van der Waals surface area contributed by atoms with Gasteiger partial charge in [0.15, 0.2) is 29.3 Å². The third-order valence-electron chi connectivity index (χ3n) is 7.08. The zero-order valence-corrected chi connectivity index (χ0v) is 21.3. The average Bonchev–Trinajstić information content (AvgIpc) is 3.34. The Morgan fingerprint density at radius 2 is 1.70 bits per heavy atom. The number of amidine groups is 1. The number of carbonyl (C=O) groups excluding carboxylic acids is 1. The summed E-state index contributed by atoms with van der Waals surface area (Å²) in [6, 6.07) is 22.3. The molecule has 0 radical (unpaired) electrons. The van der Waals surface area contributed by atoms with Gasteiger partial charge in [0, 0.05) is 24.1 Å². The molecule has 2 aliphatic rings. The number of methoxy groups -OCH3 is 1. The molecule has 0 spiro atoms. The maximum Gasteiger partial charge on any atom is 0.196 e. The van der Waals surface area contributed by atoms with Crippen molar-refractivity contribution in [1.82, 2.24) is 4.90 Å². The van der Waals surface area contributed by atoms with Crippen molar-refractivity contribution < 1.29 is 18.7 Å². The Morgan fingerprint density at radius 3 is 2.41 bits per heavy atom. The number of halogens is 1. The smallest absolute Gasteiger partial charge is 0.196 e. The predicted molar refractivity (Wildman–Crippen MR) is 142 cm³/mol. The molecule has 192 valence electrons. The molecular weight excluding hydrogens is 469 g/mol. The lowest BCUT2D eigenvalue weighted by molar-refractivity contribution is -0.111. The van der Waals surface area contributed by atoms with Gasteiger partial charge in [-0.05, 0) is 37.1 Å². The summed E-state index contributed by atoms with van der Waals surface area (Å²) in [6.45, 7) is 1.61. The molecule has 0 N–H and O–H groups in total. The molecule has 0 amide bonds. The van der Waals surface area contributed by atoms with Crippen molar-refractivity contribution in [3.05, 3.63) is 89.7 Å². The van der Waals surface area contributed by atoms with Crippen LogP contribution in [0.2, 0.25) is 0 Å². The molecule has 6 nitrogen and oxygen atoms in total. The molecule has 37 heavy (non-hydrogen) atoms. The molecule has 1 heterocycles. The minimum absolute atomic E-state index is 0.0436. The molecule has 0 aromatic heterocycles. The number of Topliss-reactive ketones (excluding diaryl/α,β-unsaturated/α-hetero) is 1. The summed E-state index contributed by atoms with van der Waals surface area (Å²) in [5.41, 5.74) is 2.13. The summed E-state index contributed by atoms with van der Waals surface area (Å²) in [6.07, 6.45) is 4.97. The van der Waals surface area contributed by atoms with Gasteiger partial charge in [0.1, 0.15) is 12.4 Å². The van der Waals surface area contributed by atoms with E-state index in [1.165, 1.54) is 12.5 Å². The third-order valence-corrected chi connectivity index (χ3v) is 7.08. The highest BCUT2D eigenvalue weighted by Gasteiger charge is 2.43. The first-order chi connectivity index (χ1) is 18.1. The Hall–Kier alpha value is -3.87. The quantitative estimate of drug-likeness (QED) is 0.354. The molecular formula is C30H32FN3O3. The fourth-order valence-electron chi connectivity index (χ4n) is 5.30. The molecule has 0 bridgehead atoms. The van der Waals surface area contributed by atoms with Crippen LogP contribution in [0, 0.1) is 5.82 Å². The Labute approximate surface area is 217 Å². The normalized spacial score (nSPS) is 18.0. The summed E-state index contributed by atoms with van der Waals surface area (Å²) >= 11 is 0. The fraction of sp³-hybridized carbons (Fsp3) is 0.333. The van der Waals surface area contributed by atoms with Crippen LogP contribution in [0.1, 0.15) is 56.3 Å². The Balaban J connectivity index is 1.62. The van der Waals surface area contributed by atoms with E-state index in [0.29, 0.717) is 22.9 Å². The number of ether oxygens (including phenoxy) is 2. The SMILES string of the molecule is COc1cccc([C@@H]2N(c3ccccc3)N=C(C(C)=O)N2C2CCCCC2)c1OCc1ccccc1F. The van der Waals surface area contributed by atoms with Crippen molar-refractivity contribution >= 4 is 17.3 Å². The second-order valence-corrected chi connectivity index (χ2v) is 9.49. The van der Waals surface area contributed by atoms with Gasteiger partial charge in [-0.3, -0.25) is 4.79 Å². The van der Waals surface area contributed by atoms with Crippen LogP contribution in [-0.4, -0.2) is 29.7 Å². The standard InChI is InChI=1S/C30H32FN3O3/c1-21(35)29-32-34(24-15-7-4-8-16-24)30(33(29)23-13-5-3-6-14-23)25-17-11-19-27(36-2)28(25)37-20-22-12-9-10-18-26(22)31/h4,7-12,15-19,23,30H,3,5-6,13-14,20H2,1-2H3/t30-/m0/s1. The van der Waals surface area contributed by atoms with E-state index < -0.39 is 6.17 Å². The second kappa shape index (κ2) is 11.0. The number of anilines is 1. The van der Waals surface area contributed by atoms with E-state index in [1.807, 2.05) is 53.5 Å². The lowest BCUT2D eigenvalue weighted by Gasteiger charge is -2.39. The number of rotatable bonds is 8. The van der Waals surface area contributed by atoms with Crippen molar-refractivity contribution in [2.75, 3.05) is 12.1 Å². The van der Waals surface area contributed by atoms with Crippen molar-refractivity contribution in [2.24, 2.45) is 5.10 Å². The largest absolute Gasteiger partial charge is 0.493 e. The minimum atomic E-state index is -0.421. The van der Waals surface area contributed by atoms with Crippen LogP contribution < -0.4 is 14.5 Å². The van der Waals surface area contributed by atoms with Crippen molar-refractivity contribution in [2.45, 2.75) is 57.8 Å². The first-order valence-corrected chi connectivity index (χ1v) is 12.8. The number of ketones is 1. The highest BCUT2D eigenvalue weighted by molar-refractivity contribution is 6.38. The number of carbonyl (C=O) groups is 1. The van der Waals surface area contributed by atoms with Gasteiger partial charge in [-0.15, -0.1) is 5.10 Å². The summed E-state index contributed by atoms with van der Waals surface area (Å²) in [7, 11) is 1.59. The van der Waals surface area contributed by atoms with Gasteiger partial charge in [0.2, 0.25) is 0 Å². The monoisotopic (exact) mass is 501 g/mol. The van der Waals surface area contributed by atoms with E-state index in [4.69, 9.17) is 14.6 Å². The molecule has 1 fully saturated rings. The molecule has 0 saturated heterocycles. The maximum atomic E-state index is 14.4. The number of hydrogen-bond donors (Lipinski definition) is 0. The van der Waals surface area contributed by atoms with Gasteiger partial charge < -0.3 is 14.4 Å². The molecule has 1 saturated carbocycles. The first kappa shape index (κ1) is 24.8. The van der Waals surface area contributed by atoms with Crippen LogP contribution in [0.5, 0.6) is 11.5 Å². The van der Waals surface area contributed by atoms with Crippen molar-refractivity contribution in [1.29, 1.82) is 0 Å². The van der Waals surface area contributed by atoms with Gasteiger partial charge in [-0.2, -0.15) is 0 Å². The van der Waals surface area contributed by atoms with Crippen LogP contribution in [0.15, 0.2) is 77.9 Å². The molecule has 1 aliphatic carbocycles. The molecule has 1 atom stereocenters. The van der Waals surface area contributed by atoms with Crippen LogP contribution in [0.25, 0.3) is 0 Å². The van der Waals surface area contributed by atoms with E-state index in [2.05, 4.69) is 4.90 Å². The van der Waals surface area contributed by atoms with Crippen molar-refractivity contribution in [3.8, 4) is 11.5 Å². The number of hydrazone groups is 1. The summed E-state index contributed by atoms with van der Waals surface area (Å²) in [5.74, 6) is 1.10. The average molecular weight is 502 g/mol. The molecule has 5 rings (SSSR count). The van der Waals surface area contributed by atoms with Crippen LogP contribution in [0.3, 0.4) is 0 Å². The minimum Gasteiger partial charge on any atom is -0.493 e.